The smallest absolute Gasteiger partial charge is 0.331 e. The lowest BCUT2D eigenvalue weighted by Gasteiger charge is -2.50. The monoisotopic (exact) mass is 622 g/mol. The molecule has 8 N–H and O–H groups in total. The Kier molecular flexibility index (Phi) is 9.59. The van der Waals surface area contributed by atoms with Crippen LogP contribution in [0.4, 0.5) is 0 Å². The number of carbonyl (C=O) groups excluding carboxylic acids is 1. The molecule has 3 heterocycles. The van der Waals surface area contributed by atoms with E-state index < -0.39 is 91.6 Å². The van der Waals surface area contributed by atoms with Gasteiger partial charge in [0.25, 0.3) is 0 Å². The summed E-state index contributed by atoms with van der Waals surface area (Å²) >= 11 is 0. The van der Waals surface area contributed by atoms with E-state index in [9.17, 15) is 45.6 Å². The van der Waals surface area contributed by atoms with E-state index in [4.69, 9.17) is 28.4 Å². The molecule has 3 saturated heterocycles. The average Bonchev–Trinajstić information content (AvgIpc) is 3.01. The van der Waals surface area contributed by atoms with Crippen molar-refractivity contribution in [3.8, 4) is 23.0 Å². The Morgan fingerprint density at radius 2 is 1.59 bits per heavy atom. The van der Waals surface area contributed by atoms with Crippen LogP contribution in [0.1, 0.15) is 24.2 Å². The number of benzene rings is 2. The van der Waals surface area contributed by atoms with Gasteiger partial charge in [0.2, 0.25) is 0 Å². The Hall–Kier alpha value is -3.51. The third-order valence-corrected chi connectivity index (χ3v) is 7.64. The van der Waals surface area contributed by atoms with Gasteiger partial charge in [-0.15, -0.1) is 0 Å². The topological polar surface area (TPSA) is 234 Å². The van der Waals surface area contributed by atoms with Crippen LogP contribution in [-0.2, 0) is 33.2 Å². The van der Waals surface area contributed by atoms with Gasteiger partial charge in [-0.05, 0) is 48.4 Å². The maximum atomic E-state index is 13.0. The summed E-state index contributed by atoms with van der Waals surface area (Å²) in [4.78, 5) is 13.0. The molecule has 11 atom stereocenters. The molecule has 0 aromatic heterocycles. The zero-order valence-electron chi connectivity index (χ0n) is 23.3. The summed E-state index contributed by atoms with van der Waals surface area (Å²) in [5, 5.41) is 80.3. The number of rotatable bonds is 7. The van der Waals surface area contributed by atoms with Gasteiger partial charge < -0.3 is 69.3 Å². The summed E-state index contributed by atoms with van der Waals surface area (Å²) in [6, 6.07) is 7.92. The highest BCUT2D eigenvalue weighted by atomic mass is 16.8. The van der Waals surface area contributed by atoms with Crippen molar-refractivity contribution in [2.75, 3.05) is 13.2 Å². The Balaban J connectivity index is 1.43. The highest BCUT2D eigenvalue weighted by molar-refractivity contribution is 5.87. The number of aromatic hydroxyl groups is 4. The summed E-state index contributed by atoms with van der Waals surface area (Å²) in [6.45, 7) is 0.713. The molecule has 240 valence electrons. The van der Waals surface area contributed by atoms with Gasteiger partial charge in [0.1, 0.15) is 42.7 Å². The molecule has 15 heteroatoms. The number of carbonyl (C=O) groups is 1. The van der Waals surface area contributed by atoms with E-state index in [2.05, 4.69) is 0 Å². The number of phenolic OH excluding ortho intramolecular Hbond substituents is 4. The Labute approximate surface area is 250 Å². The highest BCUT2D eigenvalue weighted by Crippen LogP contribution is 2.39. The van der Waals surface area contributed by atoms with Crippen molar-refractivity contribution < 1.29 is 74.1 Å². The van der Waals surface area contributed by atoms with Crippen LogP contribution in [-0.4, -0.2) is 121 Å². The molecule has 0 saturated carbocycles. The number of hydrogen-bond donors (Lipinski definition) is 8. The van der Waals surface area contributed by atoms with E-state index in [1.165, 1.54) is 49.4 Å². The predicted molar refractivity (Wildman–Crippen MR) is 145 cm³/mol. The van der Waals surface area contributed by atoms with Crippen molar-refractivity contribution >= 4 is 12.0 Å². The molecule has 2 aromatic carbocycles. The van der Waals surface area contributed by atoms with Gasteiger partial charge in [-0.25, -0.2) is 4.79 Å². The van der Waals surface area contributed by atoms with Crippen LogP contribution in [0.25, 0.3) is 6.08 Å². The van der Waals surface area contributed by atoms with Gasteiger partial charge in [-0.3, -0.25) is 0 Å². The SMILES string of the molecule is C[C@@H]1O[C@H](O[C@@H]2[C@H]3O[C@H](c4ccc(O)c(O)c4)CO[C@H]3O[C@H](CO)[C@H]2OC(=O)/C=C\c2ccc(O)c(O)c2)[C@@H](O)[C@H](O)[C@H]1O. The van der Waals surface area contributed by atoms with Gasteiger partial charge in [-0.2, -0.15) is 0 Å². The van der Waals surface area contributed by atoms with E-state index in [0.29, 0.717) is 11.1 Å². The molecule has 0 bridgehead atoms. The number of fused-ring (bicyclic) bond motifs is 1. The minimum atomic E-state index is -1.73. The number of hydrogen-bond acceptors (Lipinski definition) is 15. The highest BCUT2D eigenvalue weighted by Gasteiger charge is 2.55. The Morgan fingerprint density at radius 1 is 0.886 bits per heavy atom. The van der Waals surface area contributed by atoms with Gasteiger partial charge in [-0.1, -0.05) is 12.1 Å². The predicted octanol–water partition coefficient (Wildman–Crippen LogP) is -0.479. The first-order valence-electron chi connectivity index (χ1n) is 13.8. The Bertz CT molecular complexity index is 1350. The molecule has 15 nitrogen and oxygen atoms in total. The first-order chi connectivity index (χ1) is 21.0. The lowest BCUT2D eigenvalue weighted by atomic mass is 9.95. The summed E-state index contributed by atoms with van der Waals surface area (Å²) in [7, 11) is 0. The molecule has 3 aliphatic heterocycles. The molecule has 0 spiro atoms. The third-order valence-electron chi connectivity index (χ3n) is 7.64. The van der Waals surface area contributed by atoms with Crippen molar-refractivity contribution in [2.45, 2.75) is 74.4 Å². The molecular weight excluding hydrogens is 588 g/mol. The largest absolute Gasteiger partial charge is 0.504 e. The van der Waals surface area contributed by atoms with Crippen molar-refractivity contribution in [2.24, 2.45) is 0 Å². The van der Waals surface area contributed by atoms with E-state index in [-0.39, 0.29) is 18.1 Å². The minimum Gasteiger partial charge on any atom is -0.504 e. The quantitative estimate of drug-likeness (QED) is 0.111. The molecule has 2 aromatic rings. The molecule has 0 amide bonds. The van der Waals surface area contributed by atoms with Crippen molar-refractivity contribution in [1.82, 2.24) is 0 Å². The molecule has 0 aliphatic carbocycles. The molecule has 5 rings (SSSR count). The van der Waals surface area contributed by atoms with Gasteiger partial charge in [0, 0.05) is 6.08 Å². The first-order valence-corrected chi connectivity index (χ1v) is 13.8. The lowest BCUT2D eigenvalue weighted by Crippen LogP contribution is -2.66. The van der Waals surface area contributed by atoms with Crippen molar-refractivity contribution in [3.63, 3.8) is 0 Å². The second-order valence-corrected chi connectivity index (χ2v) is 10.7. The maximum Gasteiger partial charge on any atom is 0.331 e. The van der Waals surface area contributed by atoms with Crippen molar-refractivity contribution in [1.29, 1.82) is 0 Å². The number of aliphatic hydroxyl groups is 4. The fourth-order valence-corrected chi connectivity index (χ4v) is 5.19. The normalized spacial score (nSPS) is 35.7. The molecule has 0 radical (unpaired) electrons. The summed E-state index contributed by atoms with van der Waals surface area (Å²) in [6.07, 6.45) is -12.2. The summed E-state index contributed by atoms with van der Waals surface area (Å²) < 4.78 is 35.3. The van der Waals surface area contributed by atoms with Gasteiger partial charge >= 0.3 is 5.97 Å². The fraction of sp³-hybridized carbons (Fsp3) is 0.483. The zero-order valence-corrected chi connectivity index (χ0v) is 23.3. The van der Waals surface area contributed by atoms with E-state index in [1.54, 1.807) is 0 Å². The number of esters is 1. The molecule has 44 heavy (non-hydrogen) atoms. The minimum absolute atomic E-state index is 0.0760. The molecular formula is C29H34O15. The number of aliphatic hydroxyl groups excluding tert-OH is 4. The summed E-state index contributed by atoms with van der Waals surface area (Å²) in [5.74, 6) is -2.43. The number of ether oxygens (including phenoxy) is 6. The standard InChI is InChI=1S/C29H34O15/c1-12-22(36)23(37)24(38)28(40-12)44-26-25(43-21(35)7-3-13-2-5-15(31)17(33)8-13)19(10-30)42-29-27(26)41-20(11-39-29)14-4-6-16(32)18(34)9-14/h2-9,12,19-20,22-34,36-38H,10-11H2,1H3/b7-3-/t12-,19+,20-,22-,23+,24-,25+,26-,27+,28+,29-/m0/s1. The zero-order chi connectivity index (χ0) is 31.7. The molecule has 3 aliphatic rings. The molecule has 3 fully saturated rings. The maximum absolute atomic E-state index is 13.0. The van der Waals surface area contributed by atoms with Crippen LogP contribution >= 0.6 is 0 Å². The summed E-state index contributed by atoms with van der Waals surface area (Å²) in [5.41, 5.74) is 0.768. The second-order valence-electron chi connectivity index (χ2n) is 10.7. The Morgan fingerprint density at radius 3 is 2.27 bits per heavy atom. The van der Waals surface area contributed by atoms with Crippen LogP contribution in [0.15, 0.2) is 42.5 Å². The van der Waals surface area contributed by atoms with E-state index in [0.717, 1.165) is 6.08 Å². The molecule has 0 unspecified atom stereocenters. The third kappa shape index (κ3) is 6.61. The van der Waals surface area contributed by atoms with Crippen molar-refractivity contribution in [3.05, 3.63) is 53.6 Å². The lowest BCUT2D eigenvalue weighted by molar-refractivity contribution is -0.384. The van der Waals surface area contributed by atoms with E-state index in [1.807, 2.05) is 0 Å². The van der Waals surface area contributed by atoms with Crippen LogP contribution in [0.3, 0.4) is 0 Å². The fourth-order valence-electron chi connectivity index (χ4n) is 5.19. The van der Waals surface area contributed by atoms with Gasteiger partial charge in [0.05, 0.1) is 19.3 Å². The number of phenols is 4. The van der Waals surface area contributed by atoms with Crippen LogP contribution < -0.4 is 0 Å². The average molecular weight is 623 g/mol. The van der Waals surface area contributed by atoms with E-state index >= 15 is 0 Å². The second kappa shape index (κ2) is 13.2. The first kappa shape index (κ1) is 31.9. The van der Waals surface area contributed by atoms with Crippen LogP contribution in [0, 0.1) is 0 Å². The van der Waals surface area contributed by atoms with Crippen LogP contribution in [0.2, 0.25) is 0 Å². The van der Waals surface area contributed by atoms with Crippen LogP contribution in [0.5, 0.6) is 23.0 Å². The van der Waals surface area contributed by atoms with Gasteiger partial charge in [0.15, 0.2) is 41.7 Å².